The first-order valence-electron chi connectivity index (χ1n) is 5.84. The van der Waals surface area contributed by atoms with Crippen LogP contribution in [0.3, 0.4) is 0 Å². The fraction of sp³-hybridized carbons (Fsp3) is 0.133. The molecule has 2 N–H and O–H groups in total. The Morgan fingerprint density at radius 2 is 1.89 bits per heavy atom. The molecule has 1 amide bonds. The smallest absolute Gasteiger partial charge is 0.258 e. The highest BCUT2D eigenvalue weighted by Crippen LogP contribution is 2.21. The highest BCUT2D eigenvalue weighted by atomic mass is 19.1. The summed E-state index contributed by atoms with van der Waals surface area (Å²) in [7, 11) is 0. The maximum absolute atomic E-state index is 13.6. The van der Waals surface area contributed by atoms with Crippen molar-refractivity contribution in [2.24, 2.45) is 0 Å². The summed E-state index contributed by atoms with van der Waals surface area (Å²) < 4.78 is 13.6. The molecule has 19 heavy (non-hydrogen) atoms. The molecule has 98 valence electrons. The van der Waals surface area contributed by atoms with Crippen molar-refractivity contribution < 1.29 is 14.3 Å². The summed E-state index contributed by atoms with van der Waals surface area (Å²) in [5.41, 5.74) is 2.08. The van der Waals surface area contributed by atoms with Crippen LogP contribution < -0.4 is 5.32 Å². The largest absolute Gasteiger partial charge is 0.508 e. The van der Waals surface area contributed by atoms with Crippen LogP contribution in [0.1, 0.15) is 21.5 Å². The third kappa shape index (κ3) is 2.91. The van der Waals surface area contributed by atoms with Crippen LogP contribution in [0.15, 0.2) is 36.4 Å². The van der Waals surface area contributed by atoms with E-state index in [0.717, 1.165) is 5.56 Å². The molecule has 0 heterocycles. The second kappa shape index (κ2) is 5.10. The number of rotatable bonds is 2. The van der Waals surface area contributed by atoms with Crippen molar-refractivity contribution in [3.63, 3.8) is 0 Å². The minimum absolute atomic E-state index is 0.00692. The molecule has 2 rings (SSSR count). The van der Waals surface area contributed by atoms with Crippen molar-refractivity contribution in [3.8, 4) is 5.75 Å². The third-order valence-electron chi connectivity index (χ3n) is 2.82. The average molecular weight is 259 g/mol. The molecule has 0 saturated heterocycles. The summed E-state index contributed by atoms with van der Waals surface area (Å²) >= 11 is 0. The zero-order valence-corrected chi connectivity index (χ0v) is 10.7. The van der Waals surface area contributed by atoms with Gasteiger partial charge in [-0.05, 0) is 49.7 Å². The summed E-state index contributed by atoms with van der Waals surface area (Å²) in [5.74, 6) is -0.938. The predicted octanol–water partition coefficient (Wildman–Crippen LogP) is 3.40. The van der Waals surface area contributed by atoms with Gasteiger partial charge in [-0.15, -0.1) is 0 Å². The Kier molecular flexibility index (Phi) is 3.51. The predicted molar refractivity (Wildman–Crippen MR) is 71.9 cm³/mol. The maximum atomic E-state index is 13.6. The maximum Gasteiger partial charge on any atom is 0.258 e. The Morgan fingerprint density at radius 1 is 1.16 bits per heavy atom. The van der Waals surface area contributed by atoms with Gasteiger partial charge >= 0.3 is 0 Å². The van der Waals surface area contributed by atoms with E-state index in [9.17, 15) is 14.3 Å². The number of carbonyl (C=O) groups excluding carboxylic acids is 1. The number of phenols is 1. The van der Waals surface area contributed by atoms with Crippen LogP contribution >= 0.6 is 0 Å². The molecule has 0 atom stereocenters. The molecule has 0 radical (unpaired) electrons. The van der Waals surface area contributed by atoms with Crippen LogP contribution in [0.2, 0.25) is 0 Å². The molecule has 0 aliphatic rings. The van der Waals surface area contributed by atoms with Gasteiger partial charge in [0.1, 0.15) is 11.6 Å². The van der Waals surface area contributed by atoms with Gasteiger partial charge in [-0.3, -0.25) is 4.79 Å². The number of hydrogen-bond acceptors (Lipinski definition) is 2. The van der Waals surface area contributed by atoms with Gasteiger partial charge in [0.25, 0.3) is 5.91 Å². The number of halogens is 1. The lowest BCUT2D eigenvalue weighted by Crippen LogP contribution is -2.14. The molecular formula is C15H14FNO2. The first-order valence-corrected chi connectivity index (χ1v) is 5.84. The Hall–Kier alpha value is -2.36. The Labute approximate surface area is 110 Å². The van der Waals surface area contributed by atoms with Crippen LogP contribution in [-0.2, 0) is 0 Å². The number of anilines is 1. The van der Waals surface area contributed by atoms with Gasteiger partial charge in [-0.1, -0.05) is 11.6 Å². The second-order valence-corrected chi connectivity index (χ2v) is 4.44. The van der Waals surface area contributed by atoms with Crippen molar-refractivity contribution in [2.75, 3.05) is 5.32 Å². The molecule has 0 fully saturated rings. The van der Waals surface area contributed by atoms with E-state index in [1.807, 2.05) is 0 Å². The van der Waals surface area contributed by atoms with E-state index in [2.05, 4.69) is 5.32 Å². The van der Waals surface area contributed by atoms with Crippen molar-refractivity contribution in [2.45, 2.75) is 13.8 Å². The number of aryl methyl sites for hydroxylation is 2. The van der Waals surface area contributed by atoms with Crippen molar-refractivity contribution >= 4 is 11.6 Å². The fourth-order valence-electron chi connectivity index (χ4n) is 1.79. The number of hydrogen-bond donors (Lipinski definition) is 2. The number of phenolic OH excluding ortho intramolecular Hbond substituents is 1. The number of amides is 1. The molecule has 0 unspecified atom stereocenters. The van der Waals surface area contributed by atoms with Gasteiger partial charge in [0.2, 0.25) is 0 Å². The molecule has 0 aromatic heterocycles. The highest BCUT2D eigenvalue weighted by molar-refractivity contribution is 6.05. The number of benzene rings is 2. The van der Waals surface area contributed by atoms with E-state index in [1.165, 1.54) is 24.3 Å². The van der Waals surface area contributed by atoms with Crippen LogP contribution in [0.25, 0.3) is 0 Å². The van der Waals surface area contributed by atoms with Gasteiger partial charge < -0.3 is 10.4 Å². The number of aromatic hydroxyl groups is 1. The van der Waals surface area contributed by atoms with E-state index in [4.69, 9.17) is 0 Å². The lowest BCUT2D eigenvalue weighted by atomic mass is 10.1. The Bertz CT molecular complexity index is 638. The first-order chi connectivity index (χ1) is 8.97. The average Bonchev–Trinajstić information content (AvgIpc) is 2.35. The summed E-state index contributed by atoms with van der Waals surface area (Å²) in [6, 6.07) is 8.96. The molecule has 4 heteroatoms. The zero-order chi connectivity index (χ0) is 14.0. The van der Waals surface area contributed by atoms with E-state index >= 15 is 0 Å². The Morgan fingerprint density at radius 3 is 2.58 bits per heavy atom. The van der Waals surface area contributed by atoms with Crippen molar-refractivity contribution in [1.82, 2.24) is 0 Å². The van der Waals surface area contributed by atoms with Crippen molar-refractivity contribution in [1.29, 1.82) is 0 Å². The van der Waals surface area contributed by atoms with Crippen LogP contribution in [0.5, 0.6) is 5.75 Å². The number of carbonyl (C=O) groups is 1. The summed E-state index contributed by atoms with van der Waals surface area (Å²) in [5, 5.41) is 11.9. The van der Waals surface area contributed by atoms with E-state index in [1.54, 1.807) is 26.0 Å². The summed E-state index contributed by atoms with van der Waals surface area (Å²) in [6.07, 6.45) is 0. The standard InChI is InChI=1S/C15H14FNO2/c1-9-3-5-13(16)12(7-9)15(19)17-14-6-4-11(18)8-10(14)2/h3-8,18H,1-2H3,(H,17,19). The van der Waals surface area contributed by atoms with E-state index in [0.29, 0.717) is 11.3 Å². The summed E-state index contributed by atoms with van der Waals surface area (Å²) in [4.78, 5) is 12.0. The normalized spacial score (nSPS) is 10.3. The quantitative estimate of drug-likeness (QED) is 0.812. The Balaban J connectivity index is 2.28. The monoisotopic (exact) mass is 259 g/mol. The SMILES string of the molecule is Cc1ccc(F)c(C(=O)Nc2ccc(O)cc2C)c1. The first kappa shape index (κ1) is 13.1. The molecule has 0 spiro atoms. The molecular weight excluding hydrogens is 245 g/mol. The minimum Gasteiger partial charge on any atom is -0.508 e. The minimum atomic E-state index is -0.556. The van der Waals surface area contributed by atoms with Gasteiger partial charge in [0, 0.05) is 5.69 Å². The van der Waals surface area contributed by atoms with Gasteiger partial charge in [0.05, 0.1) is 5.56 Å². The van der Waals surface area contributed by atoms with Gasteiger partial charge in [0.15, 0.2) is 0 Å². The fourth-order valence-corrected chi connectivity index (χ4v) is 1.79. The lowest BCUT2D eigenvalue weighted by molar-refractivity contribution is 0.102. The second-order valence-electron chi connectivity index (χ2n) is 4.44. The lowest BCUT2D eigenvalue weighted by Gasteiger charge is -2.09. The van der Waals surface area contributed by atoms with E-state index < -0.39 is 11.7 Å². The molecule has 2 aromatic carbocycles. The molecule has 0 bridgehead atoms. The topological polar surface area (TPSA) is 49.3 Å². The molecule has 0 aliphatic heterocycles. The molecule has 2 aromatic rings. The van der Waals surface area contributed by atoms with E-state index in [-0.39, 0.29) is 11.3 Å². The van der Waals surface area contributed by atoms with Crippen molar-refractivity contribution in [3.05, 3.63) is 58.9 Å². The van der Waals surface area contributed by atoms with Crippen LogP contribution in [-0.4, -0.2) is 11.0 Å². The molecule has 0 aliphatic carbocycles. The van der Waals surface area contributed by atoms with Crippen LogP contribution in [0, 0.1) is 19.7 Å². The van der Waals surface area contributed by atoms with Crippen LogP contribution in [0.4, 0.5) is 10.1 Å². The van der Waals surface area contributed by atoms with Gasteiger partial charge in [-0.25, -0.2) is 4.39 Å². The molecule has 3 nitrogen and oxygen atoms in total. The highest BCUT2D eigenvalue weighted by Gasteiger charge is 2.13. The van der Waals surface area contributed by atoms with Gasteiger partial charge in [-0.2, -0.15) is 0 Å². The molecule has 0 saturated carbocycles. The summed E-state index contributed by atoms with van der Waals surface area (Å²) in [6.45, 7) is 3.55. The number of nitrogens with one attached hydrogen (secondary N) is 1. The third-order valence-corrected chi connectivity index (χ3v) is 2.82. The zero-order valence-electron chi connectivity index (χ0n) is 10.7.